The van der Waals surface area contributed by atoms with E-state index in [9.17, 15) is 4.79 Å². The van der Waals surface area contributed by atoms with Gasteiger partial charge in [-0.15, -0.1) is 0 Å². The summed E-state index contributed by atoms with van der Waals surface area (Å²) in [5, 5.41) is 3.39. The van der Waals surface area contributed by atoms with Gasteiger partial charge < -0.3 is 10.1 Å². The average Bonchev–Trinajstić information content (AvgIpc) is 3.18. The fourth-order valence-electron chi connectivity index (χ4n) is 2.32. The van der Waals surface area contributed by atoms with Crippen molar-refractivity contribution < 1.29 is 9.53 Å². The van der Waals surface area contributed by atoms with Crippen LogP contribution in [-0.4, -0.2) is 48.6 Å². The Morgan fingerprint density at radius 1 is 1.50 bits per heavy atom. The number of amidine groups is 1. The number of rotatable bonds is 3. The van der Waals surface area contributed by atoms with Crippen LogP contribution in [0.15, 0.2) is 4.99 Å². The lowest BCUT2D eigenvalue weighted by atomic mass is 10.1. The number of hydrogen-bond acceptors (Lipinski definition) is 4. The zero-order valence-electron chi connectivity index (χ0n) is 13.1. The third-order valence-electron chi connectivity index (χ3n) is 3.72. The van der Waals surface area contributed by atoms with Gasteiger partial charge in [0.2, 0.25) is 0 Å². The Morgan fingerprint density at radius 3 is 2.80 bits per heavy atom. The number of nitrogens with one attached hydrogen (secondary N) is 1. The monoisotopic (exact) mass is 281 g/mol. The molecule has 1 amide bonds. The fraction of sp³-hybridized carbons (Fsp3) is 0.867. The molecule has 2 aliphatic rings. The minimum Gasteiger partial charge on any atom is -0.444 e. The summed E-state index contributed by atoms with van der Waals surface area (Å²) in [7, 11) is 0. The molecule has 0 aromatic rings. The highest BCUT2D eigenvalue weighted by atomic mass is 16.6. The highest BCUT2D eigenvalue weighted by molar-refractivity contribution is 5.87. The molecule has 1 saturated carbocycles. The van der Waals surface area contributed by atoms with E-state index in [1.807, 2.05) is 20.8 Å². The minimum absolute atomic E-state index is 0.248. The predicted octanol–water partition coefficient (Wildman–Crippen LogP) is 2.27. The van der Waals surface area contributed by atoms with Gasteiger partial charge in [0, 0.05) is 13.1 Å². The van der Waals surface area contributed by atoms with Crippen LogP contribution in [0.1, 0.15) is 40.5 Å². The summed E-state index contributed by atoms with van der Waals surface area (Å²) in [6.45, 7) is 10.7. The summed E-state index contributed by atoms with van der Waals surface area (Å²) in [6, 6.07) is 0. The Hall–Kier alpha value is -1.26. The molecule has 114 valence electrons. The molecule has 20 heavy (non-hydrogen) atoms. The topological polar surface area (TPSA) is 53.9 Å². The van der Waals surface area contributed by atoms with E-state index in [1.165, 1.54) is 12.8 Å². The Kier molecular flexibility index (Phi) is 4.55. The maximum Gasteiger partial charge on any atom is 0.410 e. The van der Waals surface area contributed by atoms with Gasteiger partial charge in [0.05, 0.1) is 13.1 Å². The average molecular weight is 281 g/mol. The van der Waals surface area contributed by atoms with Crippen molar-refractivity contribution in [1.29, 1.82) is 0 Å². The van der Waals surface area contributed by atoms with Crippen molar-refractivity contribution in [2.75, 3.05) is 26.2 Å². The number of aliphatic imine (C=N–C) groups is 1. The van der Waals surface area contributed by atoms with E-state index >= 15 is 0 Å². The first-order valence-corrected chi connectivity index (χ1v) is 7.60. The zero-order valence-corrected chi connectivity index (χ0v) is 13.1. The lowest BCUT2D eigenvalue weighted by Gasteiger charge is -2.30. The molecule has 0 aromatic heterocycles. The van der Waals surface area contributed by atoms with Gasteiger partial charge in [0.15, 0.2) is 0 Å². The van der Waals surface area contributed by atoms with Crippen molar-refractivity contribution in [3.05, 3.63) is 0 Å². The fourth-order valence-corrected chi connectivity index (χ4v) is 2.32. The van der Waals surface area contributed by atoms with Gasteiger partial charge in [-0.05, 0) is 45.4 Å². The first-order valence-electron chi connectivity index (χ1n) is 7.60. The standard InChI is InChI=1S/C15H27N3O2/c1-11(12-5-6-12)9-17-13-10-18(8-7-16-13)14(19)20-15(2,3)4/h11-12H,5-10H2,1-4H3,(H,16,17). The molecule has 0 radical (unpaired) electrons. The summed E-state index contributed by atoms with van der Waals surface area (Å²) < 4.78 is 5.40. The van der Waals surface area contributed by atoms with Crippen LogP contribution < -0.4 is 5.32 Å². The zero-order chi connectivity index (χ0) is 14.8. The quantitative estimate of drug-likeness (QED) is 0.863. The Bertz CT molecular complexity index is 383. The first-order chi connectivity index (χ1) is 9.35. The lowest BCUT2D eigenvalue weighted by molar-refractivity contribution is 0.0276. The molecule has 1 heterocycles. The normalized spacial score (nSPS) is 21.2. The number of nitrogens with zero attached hydrogens (tertiary/aromatic N) is 2. The summed E-state index contributed by atoms with van der Waals surface area (Å²) in [5.41, 5.74) is -0.445. The second-order valence-corrected chi connectivity index (χ2v) is 6.93. The number of carbonyl (C=O) groups excluding carboxylic acids is 1. The van der Waals surface area contributed by atoms with Gasteiger partial charge in [-0.3, -0.25) is 9.89 Å². The van der Waals surface area contributed by atoms with Gasteiger partial charge in [-0.1, -0.05) is 6.92 Å². The van der Waals surface area contributed by atoms with Gasteiger partial charge >= 0.3 is 6.09 Å². The Morgan fingerprint density at radius 2 is 2.20 bits per heavy atom. The molecule has 0 saturated heterocycles. The van der Waals surface area contributed by atoms with E-state index in [2.05, 4.69) is 17.2 Å². The van der Waals surface area contributed by atoms with Crippen LogP contribution in [0.25, 0.3) is 0 Å². The third kappa shape index (κ3) is 4.69. The van der Waals surface area contributed by atoms with E-state index in [1.54, 1.807) is 4.90 Å². The first kappa shape index (κ1) is 15.1. The summed E-state index contributed by atoms with van der Waals surface area (Å²) in [6.07, 6.45) is 2.47. The second kappa shape index (κ2) is 6.02. The van der Waals surface area contributed by atoms with Crippen LogP contribution in [0.5, 0.6) is 0 Å². The molecule has 1 atom stereocenters. The van der Waals surface area contributed by atoms with E-state index < -0.39 is 5.60 Å². The van der Waals surface area contributed by atoms with E-state index in [-0.39, 0.29) is 6.09 Å². The molecular weight excluding hydrogens is 254 g/mol. The molecule has 0 aromatic carbocycles. The number of carbonyl (C=O) groups is 1. The van der Waals surface area contributed by atoms with Crippen LogP contribution in [0, 0.1) is 11.8 Å². The Labute approximate surface area is 121 Å². The van der Waals surface area contributed by atoms with Crippen molar-refractivity contribution in [2.24, 2.45) is 16.8 Å². The van der Waals surface area contributed by atoms with Crippen molar-refractivity contribution in [3.8, 4) is 0 Å². The smallest absolute Gasteiger partial charge is 0.410 e. The van der Waals surface area contributed by atoms with Crippen molar-refractivity contribution in [2.45, 2.75) is 46.1 Å². The van der Waals surface area contributed by atoms with Gasteiger partial charge in [-0.25, -0.2) is 4.79 Å². The largest absolute Gasteiger partial charge is 0.444 e. The molecule has 5 heteroatoms. The van der Waals surface area contributed by atoms with Gasteiger partial charge in [0.25, 0.3) is 0 Å². The number of ether oxygens (including phenoxy) is 1. The minimum atomic E-state index is -0.445. The van der Waals surface area contributed by atoms with E-state index in [4.69, 9.17) is 4.74 Å². The van der Waals surface area contributed by atoms with Crippen molar-refractivity contribution >= 4 is 11.9 Å². The lowest BCUT2D eigenvalue weighted by Crippen LogP contribution is -2.47. The van der Waals surface area contributed by atoms with E-state index in [0.717, 1.165) is 18.3 Å². The van der Waals surface area contributed by atoms with Gasteiger partial charge in [-0.2, -0.15) is 0 Å². The van der Waals surface area contributed by atoms with Crippen molar-refractivity contribution in [3.63, 3.8) is 0 Å². The molecule has 1 unspecified atom stereocenters. The van der Waals surface area contributed by atoms with Crippen LogP contribution in [0.3, 0.4) is 0 Å². The third-order valence-corrected chi connectivity index (χ3v) is 3.72. The number of hydrogen-bond donors (Lipinski definition) is 1. The van der Waals surface area contributed by atoms with Crippen LogP contribution in [-0.2, 0) is 4.74 Å². The van der Waals surface area contributed by atoms with Crippen LogP contribution in [0.4, 0.5) is 4.79 Å². The van der Waals surface area contributed by atoms with Crippen LogP contribution in [0.2, 0.25) is 0 Å². The molecule has 0 spiro atoms. The highest BCUT2D eigenvalue weighted by Crippen LogP contribution is 2.36. The molecule has 1 aliphatic carbocycles. The second-order valence-electron chi connectivity index (χ2n) is 6.93. The summed E-state index contributed by atoms with van der Waals surface area (Å²) in [4.78, 5) is 18.2. The molecule has 5 nitrogen and oxygen atoms in total. The molecule has 2 rings (SSSR count). The maximum absolute atomic E-state index is 12.0. The predicted molar refractivity (Wildman–Crippen MR) is 80.0 cm³/mol. The van der Waals surface area contributed by atoms with Crippen LogP contribution >= 0.6 is 0 Å². The number of amides is 1. The SMILES string of the molecule is CC(CNC1=NCCN(C(=O)OC(C)(C)C)C1)C1CC1. The van der Waals surface area contributed by atoms with E-state index in [0.29, 0.717) is 25.6 Å². The Balaban J connectivity index is 1.78. The summed E-state index contributed by atoms with van der Waals surface area (Å²) >= 11 is 0. The molecule has 1 fully saturated rings. The molecular formula is C15H27N3O2. The summed E-state index contributed by atoms with van der Waals surface area (Å²) in [5.74, 6) is 2.48. The molecule has 1 aliphatic heterocycles. The molecule has 0 bridgehead atoms. The molecule has 1 N–H and O–H groups in total. The highest BCUT2D eigenvalue weighted by Gasteiger charge is 2.29. The maximum atomic E-state index is 12.0. The van der Waals surface area contributed by atoms with Crippen molar-refractivity contribution in [1.82, 2.24) is 10.2 Å². The van der Waals surface area contributed by atoms with Gasteiger partial charge in [0.1, 0.15) is 11.4 Å².